The summed E-state index contributed by atoms with van der Waals surface area (Å²) >= 11 is 0. The number of nitrogens with two attached hydrogens (primary N) is 1. The van der Waals surface area contributed by atoms with Crippen molar-refractivity contribution in [3.63, 3.8) is 0 Å². The second-order valence-corrected chi connectivity index (χ2v) is 11.2. The fourth-order valence-corrected chi connectivity index (χ4v) is 8.31. The predicted molar refractivity (Wildman–Crippen MR) is 115 cm³/mol. The second-order valence-electron chi connectivity index (χ2n) is 11.2. The van der Waals surface area contributed by atoms with Gasteiger partial charge in [0.25, 0.3) is 0 Å². The third kappa shape index (κ3) is 3.59. The molecule has 0 aromatic rings. The molecule has 0 radical (unpaired) electrons. The van der Waals surface area contributed by atoms with Gasteiger partial charge in [-0.3, -0.25) is 0 Å². The average molecular weight is 409 g/mol. The summed E-state index contributed by atoms with van der Waals surface area (Å²) in [7, 11) is 0. The molecular formula is C24H44N2O3. The fourth-order valence-electron chi connectivity index (χ4n) is 8.31. The Morgan fingerprint density at radius 3 is 2.66 bits per heavy atom. The highest BCUT2D eigenvalue weighted by atomic mass is 16.6. The molecule has 4 rings (SSSR count). The van der Waals surface area contributed by atoms with E-state index in [0.717, 1.165) is 64.3 Å². The zero-order valence-corrected chi connectivity index (χ0v) is 18.7. The standard InChI is InChI=1S/C24H44N2O3/c1-22-10-7-19(27)16-18(22)4-5-21-20(22)8-11-23(2)17(6-12-24(21,23)28)9-14-26-29-15-3-13-25/h17-21,26-28H,3-16,25H2,1-2H3/t17-,18?,19?,20+,21-,22+,23-,24-/m1/s1. The lowest BCUT2D eigenvalue weighted by molar-refractivity contribution is -0.210. The Bertz CT molecular complexity index is 574. The Morgan fingerprint density at radius 1 is 1.03 bits per heavy atom. The molecule has 0 aromatic carbocycles. The van der Waals surface area contributed by atoms with Crippen molar-refractivity contribution in [1.29, 1.82) is 0 Å². The fraction of sp³-hybridized carbons (Fsp3) is 1.00. The van der Waals surface area contributed by atoms with E-state index in [-0.39, 0.29) is 11.5 Å². The molecule has 0 aliphatic heterocycles. The third-order valence-electron chi connectivity index (χ3n) is 10.2. The molecule has 0 spiro atoms. The molecule has 5 nitrogen and oxygen atoms in total. The highest BCUT2D eigenvalue weighted by molar-refractivity contribution is 5.16. The van der Waals surface area contributed by atoms with Crippen LogP contribution in [0.15, 0.2) is 0 Å². The Hall–Kier alpha value is -0.200. The van der Waals surface area contributed by atoms with Crippen LogP contribution in [0.3, 0.4) is 0 Å². The molecule has 168 valence electrons. The lowest BCUT2D eigenvalue weighted by Gasteiger charge is -2.63. The van der Waals surface area contributed by atoms with Crippen LogP contribution in [-0.4, -0.2) is 41.6 Å². The van der Waals surface area contributed by atoms with E-state index in [1.165, 1.54) is 12.8 Å². The molecular weight excluding hydrogens is 364 g/mol. The van der Waals surface area contributed by atoms with Gasteiger partial charge in [-0.15, -0.1) is 0 Å². The lowest BCUT2D eigenvalue weighted by Crippen LogP contribution is -2.62. The molecule has 0 aromatic heterocycles. The number of nitrogens with one attached hydrogen (secondary N) is 1. The van der Waals surface area contributed by atoms with Crippen molar-refractivity contribution in [2.75, 3.05) is 19.7 Å². The smallest absolute Gasteiger partial charge is 0.0734 e. The maximum atomic E-state index is 12.2. The lowest BCUT2D eigenvalue weighted by atomic mass is 9.43. The van der Waals surface area contributed by atoms with Gasteiger partial charge in [-0.2, -0.15) is 0 Å². The topological polar surface area (TPSA) is 87.7 Å². The number of hydroxylamine groups is 1. The van der Waals surface area contributed by atoms with Gasteiger partial charge in [0.05, 0.1) is 18.3 Å². The molecule has 5 N–H and O–H groups in total. The number of hydrogen-bond acceptors (Lipinski definition) is 5. The number of aliphatic hydroxyl groups excluding tert-OH is 1. The summed E-state index contributed by atoms with van der Waals surface area (Å²) in [4.78, 5) is 5.48. The van der Waals surface area contributed by atoms with E-state index < -0.39 is 5.60 Å². The van der Waals surface area contributed by atoms with Crippen LogP contribution in [0, 0.1) is 34.5 Å². The predicted octanol–water partition coefficient (Wildman–Crippen LogP) is 3.38. The molecule has 0 amide bonds. The van der Waals surface area contributed by atoms with Gasteiger partial charge in [0, 0.05) is 6.54 Å². The molecule has 4 saturated carbocycles. The Kier molecular flexibility index (Phi) is 6.36. The molecule has 0 saturated heterocycles. The van der Waals surface area contributed by atoms with Gasteiger partial charge in [-0.05, 0) is 112 Å². The molecule has 4 fully saturated rings. The quantitative estimate of drug-likeness (QED) is 0.383. The first-order chi connectivity index (χ1) is 13.8. The monoisotopic (exact) mass is 408 g/mol. The van der Waals surface area contributed by atoms with Gasteiger partial charge < -0.3 is 20.8 Å². The molecule has 0 bridgehead atoms. The van der Waals surface area contributed by atoms with Gasteiger partial charge in [0.15, 0.2) is 0 Å². The second kappa shape index (κ2) is 8.38. The normalized spacial score (nSPS) is 49.3. The summed E-state index contributed by atoms with van der Waals surface area (Å²) in [5.74, 6) is 2.28. The molecule has 0 heterocycles. The van der Waals surface area contributed by atoms with Crippen LogP contribution in [0.1, 0.15) is 84.5 Å². The molecule has 2 unspecified atom stereocenters. The maximum absolute atomic E-state index is 12.2. The minimum Gasteiger partial charge on any atom is -0.393 e. The van der Waals surface area contributed by atoms with Crippen molar-refractivity contribution in [1.82, 2.24) is 5.48 Å². The van der Waals surface area contributed by atoms with Crippen LogP contribution in [0.25, 0.3) is 0 Å². The summed E-state index contributed by atoms with van der Waals surface area (Å²) in [6.07, 6.45) is 11.8. The first-order valence-corrected chi connectivity index (χ1v) is 12.3. The van der Waals surface area contributed by atoms with Gasteiger partial charge in [-0.25, -0.2) is 5.48 Å². The summed E-state index contributed by atoms with van der Waals surface area (Å²) in [6.45, 7) is 7.06. The first kappa shape index (κ1) is 22.0. The van der Waals surface area contributed by atoms with Crippen LogP contribution in [0.2, 0.25) is 0 Å². The van der Waals surface area contributed by atoms with E-state index in [9.17, 15) is 10.2 Å². The molecule has 4 aliphatic rings. The Balaban J connectivity index is 1.43. The van der Waals surface area contributed by atoms with Crippen molar-refractivity contribution in [2.24, 2.45) is 40.2 Å². The molecule has 8 atom stereocenters. The van der Waals surface area contributed by atoms with E-state index >= 15 is 0 Å². The number of fused-ring (bicyclic) bond motifs is 5. The van der Waals surface area contributed by atoms with E-state index in [0.29, 0.717) is 42.2 Å². The Labute approximate surface area is 177 Å². The van der Waals surface area contributed by atoms with E-state index in [4.69, 9.17) is 10.6 Å². The van der Waals surface area contributed by atoms with Crippen LogP contribution in [0.4, 0.5) is 0 Å². The zero-order valence-electron chi connectivity index (χ0n) is 18.7. The van der Waals surface area contributed by atoms with Crippen molar-refractivity contribution in [3.05, 3.63) is 0 Å². The van der Waals surface area contributed by atoms with E-state index in [1.54, 1.807) is 0 Å². The van der Waals surface area contributed by atoms with E-state index in [2.05, 4.69) is 19.3 Å². The maximum Gasteiger partial charge on any atom is 0.0734 e. The van der Waals surface area contributed by atoms with E-state index in [1.807, 2.05) is 0 Å². The summed E-state index contributed by atoms with van der Waals surface area (Å²) < 4.78 is 0. The van der Waals surface area contributed by atoms with Gasteiger partial charge >= 0.3 is 0 Å². The van der Waals surface area contributed by atoms with Crippen molar-refractivity contribution < 1.29 is 15.1 Å². The number of aliphatic hydroxyl groups is 2. The van der Waals surface area contributed by atoms with Crippen LogP contribution in [-0.2, 0) is 4.84 Å². The molecule has 4 aliphatic carbocycles. The largest absolute Gasteiger partial charge is 0.393 e. The first-order valence-electron chi connectivity index (χ1n) is 12.3. The van der Waals surface area contributed by atoms with Gasteiger partial charge in [0.1, 0.15) is 0 Å². The van der Waals surface area contributed by atoms with Gasteiger partial charge in [-0.1, -0.05) is 13.8 Å². The average Bonchev–Trinajstić information content (AvgIpc) is 2.96. The summed E-state index contributed by atoms with van der Waals surface area (Å²) in [6, 6.07) is 0. The number of hydrogen-bond donors (Lipinski definition) is 4. The highest BCUT2D eigenvalue weighted by Crippen LogP contribution is 2.69. The minimum absolute atomic E-state index is 0.0322. The summed E-state index contributed by atoms with van der Waals surface area (Å²) in [5.41, 5.74) is 8.46. The zero-order chi connectivity index (χ0) is 20.7. The van der Waals surface area contributed by atoms with Crippen molar-refractivity contribution in [3.8, 4) is 0 Å². The molecule has 29 heavy (non-hydrogen) atoms. The van der Waals surface area contributed by atoms with Crippen molar-refractivity contribution in [2.45, 2.75) is 96.2 Å². The van der Waals surface area contributed by atoms with Crippen molar-refractivity contribution >= 4 is 0 Å². The van der Waals surface area contributed by atoms with Crippen LogP contribution < -0.4 is 11.2 Å². The van der Waals surface area contributed by atoms with Crippen LogP contribution in [0.5, 0.6) is 0 Å². The summed E-state index contributed by atoms with van der Waals surface area (Å²) in [5, 5.41) is 22.4. The Morgan fingerprint density at radius 2 is 1.86 bits per heavy atom. The molecule has 5 heteroatoms. The van der Waals surface area contributed by atoms with Gasteiger partial charge in [0.2, 0.25) is 0 Å². The SMILES string of the molecule is C[C@]12CCC(O)CC1CC[C@@H]1[C@@H]2CC[C@]2(C)[C@@H](CCNOCCCN)CC[C@@]12O. The minimum atomic E-state index is -0.509. The number of rotatable bonds is 7. The van der Waals surface area contributed by atoms with Crippen LogP contribution >= 0.6 is 0 Å². The highest BCUT2D eigenvalue weighted by Gasteiger charge is 2.66. The third-order valence-corrected chi connectivity index (χ3v) is 10.2.